The Hall–Kier alpha value is -0.540. The summed E-state index contributed by atoms with van der Waals surface area (Å²) in [6.45, 7) is 9.48. The first-order valence-corrected chi connectivity index (χ1v) is 6.14. The molecule has 0 fully saturated rings. The Labute approximate surface area is 101 Å². The van der Waals surface area contributed by atoms with E-state index in [1.54, 1.807) is 0 Å². The third kappa shape index (κ3) is 3.21. The molecule has 2 N–H and O–H groups in total. The zero-order chi connectivity index (χ0) is 11.4. The highest BCUT2D eigenvalue weighted by atomic mass is 79.9. The third-order valence-electron chi connectivity index (χ3n) is 2.65. The van der Waals surface area contributed by atoms with Crippen molar-refractivity contribution in [1.82, 2.24) is 4.90 Å². The van der Waals surface area contributed by atoms with Crippen molar-refractivity contribution in [3.05, 3.63) is 27.7 Å². The fourth-order valence-electron chi connectivity index (χ4n) is 1.64. The Morgan fingerprint density at radius 1 is 1.27 bits per heavy atom. The van der Waals surface area contributed by atoms with Gasteiger partial charge in [0.1, 0.15) is 0 Å². The maximum Gasteiger partial charge on any atom is 0.0504 e. The second kappa shape index (κ2) is 5.52. The van der Waals surface area contributed by atoms with Gasteiger partial charge in [0.05, 0.1) is 5.69 Å². The van der Waals surface area contributed by atoms with Crippen LogP contribution in [0.2, 0.25) is 0 Å². The first-order valence-electron chi connectivity index (χ1n) is 5.35. The van der Waals surface area contributed by atoms with Gasteiger partial charge in [0.2, 0.25) is 0 Å². The Balaban J connectivity index is 2.93. The number of nitrogens with zero attached hydrogens (tertiary/aromatic N) is 1. The van der Waals surface area contributed by atoms with Crippen LogP contribution in [0.1, 0.15) is 25.0 Å². The quantitative estimate of drug-likeness (QED) is 0.852. The highest BCUT2D eigenvalue weighted by Crippen LogP contribution is 2.26. The maximum atomic E-state index is 6.04. The van der Waals surface area contributed by atoms with Gasteiger partial charge in [0.15, 0.2) is 0 Å². The molecule has 2 nitrogen and oxygen atoms in total. The average molecular weight is 271 g/mol. The van der Waals surface area contributed by atoms with Gasteiger partial charge in [-0.25, -0.2) is 0 Å². The van der Waals surface area contributed by atoms with Crippen LogP contribution in [0.3, 0.4) is 0 Å². The van der Waals surface area contributed by atoms with Gasteiger partial charge in [-0.1, -0.05) is 19.9 Å². The second-order valence-corrected chi connectivity index (χ2v) is 4.64. The molecule has 0 aliphatic heterocycles. The van der Waals surface area contributed by atoms with E-state index in [2.05, 4.69) is 53.7 Å². The van der Waals surface area contributed by atoms with Gasteiger partial charge in [0.25, 0.3) is 0 Å². The number of hydrogen-bond acceptors (Lipinski definition) is 2. The van der Waals surface area contributed by atoms with Crippen LogP contribution in [-0.4, -0.2) is 18.0 Å². The number of rotatable bonds is 4. The molecular weight excluding hydrogens is 252 g/mol. The molecule has 0 atom stereocenters. The number of benzene rings is 1. The van der Waals surface area contributed by atoms with E-state index < -0.39 is 0 Å². The zero-order valence-corrected chi connectivity index (χ0v) is 11.3. The van der Waals surface area contributed by atoms with E-state index in [0.29, 0.717) is 0 Å². The summed E-state index contributed by atoms with van der Waals surface area (Å²) in [5.74, 6) is 0. The predicted molar refractivity (Wildman–Crippen MR) is 69.9 cm³/mol. The van der Waals surface area contributed by atoms with Crippen LogP contribution in [0, 0.1) is 6.92 Å². The minimum atomic E-state index is 0.868. The molecule has 84 valence electrons. The summed E-state index contributed by atoms with van der Waals surface area (Å²) in [4.78, 5) is 2.36. The van der Waals surface area contributed by atoms with Gasteiger partial charge in [0, 0.05) is 11.0 Å². The van der Waals surface area contributed by atoms with Gasteiger partial charge in [-0.05, 0) is 53.1 Å². The van der Waals surface area contributed by atoms with E-state index in [1.165, 1.54) is 11.1 Å². The van der Waals surface area contributed by atoms with Crippen LogP contribution < -0.4 is 5.73 Å². The van der Waals surface area contributed by atoms with Crippen molar-refractivity contribution in [2.24, 2.45) is 0 Å². The smallest absolute Gasteiger partial charge is 0.0504 e. The average Bonchev–Trinajstić information content (AvgIpc) is 2.21. The first kappa shape index (κ1) is 12.5. The van der Waals surface area contributed by atoms with Crippen LogP contribution in [0.15, 0.2) is 16.6 Å². The van der Waals surface area contributed by atoms with Crippen molar-refractivity contribution in [2.45, 2.75) is 27.3 Å². The minimum absolute atomic E-state index is 0.868. The summed E-state index contributed by atoms with van der Waals surface area (Å²) in [5, 5.41) is 0. The Kier molecular flexibility index (Phi) is 4.61. The highest BCUT2D eigenvalue weighted by molar-refractivity contribution is 9.10. The van der Waals surface area contributed by atoms with E-state index in [-0.39, 0.29) is 0 Å². The molecule has 0 saturated carbocycles. The molecule has 0 aliphatic carbocycles. The summed E-state index contributed by atoms with van der Waals surface area (Å²) in [6.07, 6.45) is 0. The third-order valence-corrected chi connectivity index (χ3v) is 3.30. The molecule has 0 aliphatic rings. The summed E-state index contributed by atoms with van der Waals surface area (Å²) in [5.41, 5.74) is 9.37. The monoisotopic (exact) mass is 270 g/mol. The van der Waals surface area contributed by atoms with Gasteiger partial charge in [-0.2, -0.15) is 0 Å². The molecule has 0 spiro atoms. The summed E-state index contributed by atoms with van der Waals surface area (Å²) in [7, 11) is 0. The fraction of sp³-hybridized carbons (Fsp3) is 0.500. The molecule has 1 rings (SSSR count). The molecule has 1 aromatic carbocycles. The van der Waals surface area contributed by atoms with Crippen LogP contribution >= 0.6 is 15.9 Å². The largest absolute Gasteiger partial charge is 0.398 e. The lowest BCUT2D eigenvalue weighted by Gasteiger charge is -2.20. The van der Waals surface area contributed by atoms with Crippen LogP contribution in [0.4, 0.5) is 5.69 Å². The van der Waals surface area contributed by atoms with E-state index in [0.717, 1.165) is 29.8 Å². The van der Waals surface area contributed by atoms with Gasteiger partial charge in [-0.15, -0.1) is 0 Å². The lowest BCUT2D eigenvalue weighted by atomic mass is 10.1. The number of hydrogen-bond donors (Lipinski definition) is 1. The minimum Gasteiger partial charge on any atom is -0.398 e. The molecule has 0 unspecified atom stereocenters. The van der Waals surface area contributed by atoms with Gasteiger partial charge >= 0.3 is 0 Å². The molecule has 15 heavy (non-hydrogen) atoms. The lowest BCUT2D eigenvalue weighted by molar-refractivity contribution is 0.296. The molecule has 1 aromatic rings. The lowest BCUT2D eigenvalue weighted by Crippen LogP contribution is -2.22. The maximum absolute atomic E-state index is 6.04. The topological polar surface area (TPSA) is 29.3 Å². The Morgan fingerprint density at radius 3 is 2.40 bits per heavy atom. The Bertz CT molecular complexity index is 333. The zero-order valence-electron chi connectivity index (χ0n) is 9.68. The van der Waals surface area contributed by atoms with Crippen molar-refractivity contribution in [3.8, 4) is 0 Å². The summed E-state index contributed by atoms with van der Waals surface area (Å²) >= 11 is 3.49. The van der Waals surface area contributed by atoms with Crippen molar-refractivity contribution in [3.63, 3.8) is 0 Å². The Morgan fingerprint density at radius 2 is 1.87 bits per heavy atom. The van der Waals surface area contributed by atoms with Crippen molar-refractivity contribution < 1.29 is 0 Å². The summed E-state index contributed by atoms with van der Waals surface area (Å²) in [6, 6.07) is 4.22. The molecule has 0 radical (unpaired) electrons. The van der Waals surface area contributed by atoms with Crippen molar-refractivity contribution in [1.29, 1.82) is 0 Å². The van der Waals surface area contributed by atoms with Crippen LogP contribution in [0.5, 0.6) is 0 Å². The van der Waals surface area contributed by atoms with Gasteiger partial charge < -0.3 is 5.73 Å². The number of halogens is 1. The fourth-order valence-corrected chi connectivity index (χ4v) is 2.26. The van der Waals surface area contributed by atoms with Crippen LogP contribution in [0.25, 0.3) is 0 Å². The molecule has 0 aromatic heterocycles. The number of anilines is 1. The highest BCUT2D eigenvalue weighted by Gasteiger charge is 2.07. The molecule has 0 saturated heterocycles. The normalized spacial score (nSPS) is 11.0. The van der Waals surface area contributed by atoms with E-state index in [1.807, 2.05) is 0 Å². The summed E-state index contributed by atoms with van der Waals surface area (Å²) < 4.78 is 1.00. The molecule has 0 heterocycles. The predicted octanol–water partition coefficient (Wildman–Crippen LogP) is 3.18. The molecule has 3 heteroatoms. The van der Waals surface area contributed by atoms with E-state index in [9.17, 15) is 0 Å². The second-order valence-electron chi connectivity index (χ2n) is 3.78. The number of nitrogen functional groups attached to an aromatic ring is 1. The molecule has 0 amide bonds. The SMILES string of the molecule is CCN(CC)Cc1cc(C)cc(Br)c1N. The molecular formula is C12H19BrN2. The number of nitrogens with two attached hydrogens (primary N) is 1. The van der Waals surface area contributed by atoms with Crippen molar-refractivity contribution in [2.75, 3.05) is 18.8 Å². The van der Waals surface area contributed by atoms with Crippen molar-refractivity contribution >= 4 is 21.6 Å². The van der Waals surface area contributed by atoms with E-state index in [4.69, 9.17) is 5.73 Å². The standard InChI is InChI=1S/C12H19BrN2/c1-4-15(5-2)8-10-6-9(3)7-11(13)12(10)14/h6-7H,4-5,8,14H2,1-3H3. The first-order chi connectivity index (χ1) is 7.08. The van der Waals surface area contributed by atoms with E-state index >= 15 is 0 Å². The number of aryl methyl sites for hydroxylation is 1. The van der Waals surface area contributed by atoms with Crippen LogP contribution in [-0.2, 0) is 6.54 Å². The van der Waals surface area contributed by atoms with Gasteiger partial charge in [-0.3, -0.25) is 4.90 Å². The molecule has 0 bridgehead atoms.